The molecule has 1 amide bonds. The van der Waals surface area contributed by atoms with Crippen LogP contribution in [-0.4, -0.2) is 12.5 Å². The number of furan rings is 1. The Bertz CT molecular complexity index is 890. The molecule has 0 saturated heterocycles. The highest BCUT2D eigenvalue weighted by molar-refractivity contribution is 5.79. The minimum Gasteiger partial charge on any atom is -0.459 e. The van der Waals surface area contributed by atoms with Crippen LogP contribution in [0.2, 0.25) is 0 Å². The predicted molar refractivity (Wildman–Crippen MR) is 94.3 cm³/mol. The Hall–Kier alpha value is -2.73. The average Bonchev–Trinajstić information content (AvgIpc) is 3.04. The van der Waals surface area contributed by atoms with Crippen LogP contribution in [0.15, 0.2) is 52.9 Å². The minimum absolute atomic E-state index is 0.128. The quantitative estimate of drug-likeness (QED) is 0.710. The molecule has 3 N–H and O–H groups in total. The summed E-state index contributed by atoms with van der Waals surface area (Å²) in [5.41, 5.74) is 1.14. The van der Waals surface area contributed by atoms with E-state index in [2.05, 4.69) is 5.32 Å². The number of halogens is 2. The first-order chi connectivity index (χ1) is 12.4. The van der Waals surface area contributed by atoms with Crippen molar-refractivity contribution in [2.24, 2.45) is 0 Å². The molecule has 4 nitrogen and oxygen atoms in total. The maximum Gasteiger partial charge on any atom is 0.275 e. The van der Waals surface area contributed by atoms with Crippen LogP contribution in [0.4, 0.5) is 8.78 Å². The van der Waals surface area contributed by atoms with E-state index in [0.29, 0.717) is 11.3 Å². The number of hydrogen-bond donors (Lipinski definition) is 2. The molecular weight excluding hydrogens is 338 g/mol. The van der Waals surface area contributed by atoms with Crippen LogP contribution in [0.5, 0.6) is 0 Å². The molecule has 0 aliphatic heterocycles. The number of para-hydroxylation sites is 1. The molecule has 0 bridgehead atoms. The lowest BCUT2D eigenvalue weighted by Gasteiger charge is -2.14. The second-order valence-corrected chi connectivity index (χ2v) is 6.37. The van der Waals surface area contributed by atoms with E-state index >= 15 is 0 Å². The van der Waals surface area contributed by atoms with Gasteiger partial charge >= 0.3 is 0 Å². The van der Waals surface area contributed by atoms with Gasteiger partial charge in [-0.05, 0) is 38.1 Å². The van der Waals surface area contributed by atoms with E-state index in [0.717, 1.165) is 17.0 Å². The van der Waals surface area contributed by atoms with E-state index in [-0.39, 0.29) is 24.5 Å². The fraction of sp³-hybridized carbons (Fsp3) is 0.250. The number of nitrogens with one attached hydrogen (secondary N) is 1. The van der Waals surface area contributed by atoms with Gasteiger partial charge in [0, 0.05) is 17.0 Å². The van der Waals surface area contributed by atoms with E-state index in [9.17, 15) is 13.6 Å². The summed E-state index contributed by atoms with van der Waals surface area (Å²) < 4.78 is 32.5. The van der Waals surface area contributed by atoms with Gasteiger partial charge in [-0.3, -0.25) is 4.79 Å². The molecule has 2 aromatic carbocycles. The highest BCUT2D eigenvalue weighted by Gasteiger charge is 2.18. The molecule has 0 fully saturated rings. The molecule has 0 aliphatic rings. The molecule has 0 unspecified atom stereocenters. The van der Waals surface area contributed by atoms with E-state index in [4.69, 9.17) is 4.42 Å². The first-order valence-electron chi connectivity index (χ1n) is 8.50. The first-order valence-corrected chi connectivity index (χ1v) is 8.50. The van der Waals surface area contributed by atoms with Crippen molar-refractivity contribution >= 4 is 16.9 Å². The molecule has 1 heterocycles. The van der Waals surface area contributed by atoms with Crippen molar-refractivity contribution in [3.63, 3.8) is 0 Å². The fourth-order valence-electron chi connectivity index (χ4n) is 2.87. The van der Waals surface area contributed by atoms with Crippen LogP contribution in [0.25, 0.3) is 11.0 Å². The van der Waals surface area contributed by atoms with Crippen LogP contribution in [0.3, 0.4) is 0 Å². The lowest BCUT2D eigenvalue weighted by atomic mass is 10.1. The third-order valence-corrected chi connectivity index (χ3v) is 4.36. The van der Waals surface area contributed by atoms with Crippen molar-refractivity contribution in [3.05, 3.63) is 71.5 Å². The third-order valence-electron chi connectivity index (χ3n) is 4.36. The van der Waals surface area contributed by atoms with E-state index < -0.39 is 11.6 Å². The predicted octanol–water partition coefficient (Wildman–Crippen LogP) is 3.21. The topological polar surface area (TPSA) is 58.9 Å². The zero-order valence-corrected chi connectivity index (χ0v) is 14.6. The Morgan fingerprint density at radius 2 is 1.92 bits per heavy atom. The molecule has 0 spiro atoms. The second-order valence-electron chi connectivity index (χ2n) is 6.37. The lowest BCUT2D eigenvalue weighted by Crippen LogP contribution is -2.87. The fourth-order valence-corrected chi connectivity index (χ4v) is 2.87. The summed E-state index contributed by atoms with van der Waals surface area (Å²) >= 11 is 0. The largest absolute Gasteiger partial charge is 0.459 e. The number of carbonyl (C=O) groups is 1. The summed E-state index contributed by atoms with van der Waals surface area (Å²) in [5, 5.41) is 5.56. The van der Waals surface area contributed by atoms with Gasteiger partial charge < -0.3 is 15.1 Å². The van der Waals surface area contributed by atoms with Crippen molar-refractivity contribution in [1.29, 1.82) is 0 Å². The van der Waals surface area contributed by atoms with Crippen LogP contribution < -0.4 is 10.6 Å². The SMILES string of the molecule is C[C@H](NC(=O)C[NH2+][C@@H](C)c1ccc(F)cc1F)c1cc2ccccc2o1. The zero-order valence-electron chi connectivity index (χ0n) is 14.6. The van der Waals surface area contributed by atoms with Gasteiger partial charge in [-0.1, -0.05) is 18.2 Å². The Kier molecular flexibility index (Phi) is 5.32. The van der Waals surface area contributed by atoms with Gasteiger partial charge in [-0.15, -0.1) is 0 Å². The molecular formula is C20H21F2N2O2+. The van der Waals surface area contributed by atoms with E-state index in [1.165, 1.54) is 12.1 Å². The first kappa shape index (κ1) is 18.1. The molecule has 0 aliphatic carbocycles. The number of fused-ring (bicyclic) bond motifs is 1. The third kappa shape index (κ3) is 4.08. The molecule has 2 atom stereocenters. The standard InChI is InChI=1S/C20H20F2N2O2/c1-12(16-8-7-15(21)10-17(16)22)23-11-20(25)24-13(2)19-9-14-5-3-4-6-18(14)26-19/h3-10,12-13,23H,11H2,1-2H3,(H,24,25)/p+1/t12-,13-/m0/s1. The summed E-state index contributed by atoms with van der Waals surface area (Å²) in [5.74, 6) is -0.731. The van der Waals surface area contributed by atoms with Gasteiger partial charge in [0.25, 0.3) is 5.91 Å². The van der Waals surface area contributed by atoms with Gasteiger partial charge in [-0.25, -0.2) is 8.78 Å². The summed E-state index contributed by atoms with van der Waals surface area (Å²) in [6, 6.07) is 12.4. The molecule has 3 rings (SSSR count). The van der Waals surface area contributed by atoms with Gasteiger partial charge in [0.05, 0.1) is 6.04 Å². The molecule has 0 radical (unpaired) electrons. The van der Waals surface area contributed by atoms with Crippen LogP contribution in [0.1, 0.15) is 37.3 Å². The molecule has 136 valence electrons. The molecule has 0 saturated carbocycles. The molecule has 1 aromatic heterocycles. The molecule has 6 heteroatoms. The summed E-state index contributed by atoms with van der Waals surface area (Å²) in [6.07, 6.45) is 0. The zero-order chi connectivity index (χ0) is 18.7. The normalized spacial score (nSPS) is 13.5. The maximum absolute atomic E-state index is 13.8. The smallest absolute Gasteiger partial charge is 0.275 e. The van der Waals surface area contributed by atoms with Crippen LogP contribution >= 0.6 is 0 Å². The second kappa shape index (κ2) is 7.66. The van der Waals surface area contributed by atoms with Crippen molar-refractivity contribution in [2.45, 2.75) is 25.9 Å². The lowest BCUT2D eigenvalue weighted by molar-refractivity contribution is -0.682. The van der Waals surface area contributed by atoms with Crippen molar-refractivity contribution in [1.82, 2.24) is 5.32 Å². The number of quaternary nitrogens is 1. The van der Waals surface area contributed by atoms with Gasteiger partial charge in [0.15, 0.2) is 6.54 Å². The number of benzene rings is 2. The molecule has 3 aromatic rings. The number of rotatable bonds is 6. The van der Waals surface area contributed by atoms with Gasteiger partial charge in [-0.2, -0.15) is 0 Å². The van der Waals surface area contributed by atoms with Gasteiger partial charge in [0.2, 0.25) is 0 Å². The number of carbonyl (C=O) groups excluding carboxylic acids is 1. The molecule has 26 heavy (non-hydrogen) atoms. The highest BCUT2D eigenvalue weighted by Crippen LogP contribution is 2.23. The summed E-state index contributed by atoms with van der Waals surface area (Å²) in [4.78, 5) is 12.2. The summed E-state index contributed by atoms with van der Waals surface area (Å²) in [6.45, 7) is 3.74. The van der Waals surface area contributed by atoms with Crippen molar-refractivity contribution in [3.8, 4) is 0 Å². The van der Waals surface area contributed by atoms with E-state index in [1.54, 1.807) is 12.2 Å². The van der Waals surface area contributed by atoms with Crippen molar-refractivity contribution < 1.29 is 23.3 Å². The van der Waals surface area contributed by atoms with Crippen LogP contribution in [0, 0.1) is 11.6 Å². The van der Waals surface area contributed by atoms with Crippen LogP contribution in [-0.2, 0) is 4.79 Å². The average molecular weight is 359 g/mol. The Morgan fingerprint density at radius 3 is 2.65 bits per heavy atom. The Labute approximate surface area is 150 Å². The highest BCUT2D eigenvalue weighted by atomic mass is 19.1. The number of hydrogen-bond acceptors (Lipinski definition) is 2. The Balaban J connectivity index is 1.56. The maximum atomic E-state index is 13.8. The number of nitrogens with two attached hydrogens (primary N) is 1. The van der Waals surface area contributed by atoms with Gasteiger partial charge in [0.1, 0.15) is 29.0 Å². The summed E-state index contributed by atoms with van der Waals surface area (Å²) in [7, 11) is 0. The van der Waals surface area contributed by atoms with Crippen molar-refractivity contribution in [2.75, 3.05) is 6.54 Å². The number of amides is 1. The van der Waals surface area contributed by atoms with E-state index in [1.807, 2.05) is 37.3 Å². The minimum atomic E-state index is -0.615. The monoisotopic (exact) mass is 359 g/mol. The Morgan fingerprint density at radius 1 is 1.15 bits per heavy atom.